The van der Waals surface area contributed by atoms with Crippen LogP contribution >= 0.6 is 27.3 Å². The minimum atomic E-state index is 0.536. The SMILES string of the molecule is CCOC1CC(CC(Cc2ccc(Br)s2)NC)C1. The smallest absolute Gasteiger partial charge is 0.0701 e. The molecule has 1 atom stereocenters. The van der Waals surface area contributed by atoms with Gasteiger partial charge in [0, 0.05) is 17.5 Å². The van der Waals surface area contributed by atoms with Gasteiger partial charge in [0.05, 0.1) is 9.89 Å². The van der Waals surface area contributed by atoms with Gasteiger partial charge >= 0.3 is 0 Å². The third-order valence-electron chi connectivity index (χ3n) is 3.70. The molecule has 0 aromatic carbocycles. The molecule has 1 unspecified atom stereocenters. The maximum absolute atomic E-state index is 5.62. The number of likely N-dealkylation sites (N-methyl/N-ethyl adjacent to an activating group) is 1. The van der Waals surface area contributed by atoms with Crippen LogP contribution in [0.3, 0.4) is 0 Å². The molecule has 0 bridgehead atoms. The molecule has 0 saturated heterocycles. The zero-order valence-corrected chi connectivity index (χ0v) is 13.5. The second-order valence-corrected chi connectivity index (χ2v) is 7.59. The zero-order chi connectivity index (χ0) is 13.0. The van der Waals surface area contributed by atoms with Crippen LogP contribution in [0.2, 0.25) is 0 Å². The summed E-state index contributed by atoms with van der Waals surface area (Å²) in [5.74, 6) is 0.849. The number of ether oxygens (including phenoxy) is 1. The summed E-state index contributed by atoms with van der Waals surface area (Å²) in [4.78, 5) is 1.46. The number of halogens is 1. The average Bonchev–Trinajstić information content (AvgIpc) is 2.70. The molecule has 2 rings (SSSR count). The quantitative estimate of drug-likeness (QED) is 0.819. The molecule has 1 fully saturated rings. The van der Waals surface area contributed by atoms with Crippen LogP contribution in [-0.2, 0) is 11.2 Å². The first kappa shape index (κ1) is 14.5. The van der Waals surface area contributed by atoms with Gasteiger partial charge in [-0.25, -0.2) is 0 Å². The van der Waals surface area contributed by atoms with Gasteiger partial charge in [0.2, 0.25) is 0 Å². The van der Waals surface area contributed by atoms with Crippen LogP contribution in [0.25, 0.3) is 0 Å². The molecule has 18 heavy (non-hydrogen) atoms. The van der Waals surface area contributed by atoms with E-state index in [1.807, 2.05) is 11.3 Å². The number of hydrogen-bond donors (Lipinski definition) is 1. The summed E-state index contributed by atoms with van der Waals surface area (Å²) in [6, 6.07) is 4.97. The van der Waals surface area contributed by atoms with Crippen LogP contribution < -0.4 is 5.32 Å². The Hall–Kier alpha value is 0.1000. The van der Waals surface area contributed by atoms with Gasteiger partial charge in [-0.05, 0) is 73.6 Å². The van der Waals surface area contributed by atoms with E-state index in [2.05, 4.69) is 47.4 Å². The normalized spacial score (nSPS) is 24.8. The van der Waals surface area contributed by atoms with Crippen molar-refractivity contribution in [2.75, 3.05) is 13.7 Å². The predicted molar refractivity (Wildman–Crippen MR) is 81.3 cm³/mol. The number of rotatable bonds is 7. The molecule has 1 heterocycles. The fraction of sp³-hybridized carbons (Fsp3) is 0.714. The lowest BCUT2D eigenvalue weighted by molar-refractivity contribution is -0.0288. The molecule has 0 amide bonds. The van der Waals surface area contributed by atoms with Gasteiger partial charge in [-0.1, -0.05) is 0 Å². The molecule has 4 heteroatoms. The summed E-state index contributed by atoms with van der Waals surface area (Å²) in [5, 5.41) is 3.46. The molecule has 0 spiro atoms. The monoisotopic (exact) mass is 331 g/mol. The lowest BCUT2D eigenvalue weighted by atomic mass is 9.77. The summed E-state index contributed by atoms with van der Waals surface area (Å²) < 4.78 is 6.85. The summed E-state index contributed by atoms with van der Waals surface area (Å²) in [5.41, 5.74) is 0. The van der Waals surface area contributed by atoms with Crippen LogP contribution in [-0.4, -0.2) is 25.8 Å². The van der Waals surface area contributed by atoms with E-state index in [0.29, 0.717) is 12.1 Å². The Bertz CT molecular complexity index is 362. The molecule has 102 valence electrons. The van der Waals surface area contributed by atoms with Crippen LogP contribution in [0, 0.1) is 5.92 Å². The van der Waals surface area contributed by atoms with Crippen LogP contribution in [0.15, 0.2) is 15.9 Å². The predicted octanol–water partition coefficient (Wildman–Crippen LogP) is 3.85. The highest BCUT2D eigenvalue weighted by Crippen LogP contribution is 2.34. The average molecular weight is 332 g/mol. The van der Waals surface area contributed by atoms with E-state index >= 15 is 0 Å². The maximum Gasteiger partial charge on any atom is 0.0701 e. The van der Waals surface area contributed by atoms with Crippen molar-refractivity contribution in [3.63, 3.8) is 0 Å². The molecule has 0 aliphatic heterocycles. The van der Waals surface area contributed by atoms with Gasteiger partial charge in [-0.15, -0.1) is 11.3 Å². The van der Waals surface area contributed by atoms with Crippen LogP contribution in [0.1, 0.15) is 31.1 Å². The van der Waals surface area contributed by atoms with E-state index in [-0.39, 0.29) is 0 Å². The van der Waals surface area contributed by atoms with Crippen molar-refractivity contribution in [1.29, 1.82) is 0 Å². The van der Waals surface area contributed by atoms with Crippen molar-refractivity contribution in [2.45, 2.75) is 44.8 Å². The molecule has 1 aromatic rings. The van der Waals surface area contributed by atoms with E-state index < -0.39 is 0 Å². The number of thiophene rings is 1. The van der Waals surface area contributed by atoms with Crippen molar-refractivity contribution >= 4 is 27.3 Å². The van der Waals surface area contributed by atoms with Gasteiger partial charge in [0.25, 0.3) is 0 Å². The fourth-order valence-electron chi connectivity index (χ4n) is 2.65. The van der Waals surface area contributed by atoms with Gasteiger partial charge in [0.1, 0.15) is 0 Å². The highest BCUT2D eigenvalue weighted by Gasteiger charge is 2.31. The van der Waals surface area contributed by atoms with Crippen molar-refractivity contribution in [2.24, 2.45) is 5.92 Å². The minimum absolute atomic E-state index is 0.536. The third-order valence-corrected chi connectivity index (χ3v) is 5.34. The fourth-order valence-corrected chi connectivity index (χ4v) is 4.21. The first-order chi connectivity index (χ1) is 8.71. The van der Waals surface area contributed by atoms with Gasteiger partial charge in [-0.3, -0.25) is 0 Å². The van der Waals surface area contributed by atoms with E-state index in [1.165, 1.54) is 27.9 Å². The Morgan fingerprint density at radius 1 is 1.50 bits per heavy atom. The van der Waals surface area contributed by atoms with Gasteiger partial charge in [0.15, 0.2) is 0 Å². The molecular formula is C14H22BrNOS. The molecule has 1 aliphatic rings. The van der Waals surface area contributed by atoms with Crippen molar-refractivity contribution in [3.05, 3.63) is 20.8 Å². The van der Waals surface area contributed by atoms with E-state index in [0.717, 1.165) is 18.9 Å². The first-order valence-electron chi connectivity index (χ1n) is 6.74. The minimum Gasteiger partial charge on any atom is -0.378 e. The lowest BCUT2D eigenvalue weighted by Gasteiger charge is -2.37. The summed E-state index contributed by atoms with van der Waals surface area (Å²) in [6.45, 7) is 2.94. The standard InChI is InChI=1S/C14H22BrNOS/c1-3-17-12-7-10(8-12)6-11(16-2)9-13-4-5-14(15)18-13/h4-5,10-12,16H,3,6-9H2,1-2H3. The molecule has 0 radical (unpaired) electrons. The van der Waals surface area contributed by atoms with E-state index in [9.17, 15) is 0 Å². The second kappa shape index (κ2) is 7.04. The Labute approximate surface area is 122 Å². The van der Waals surface area contributed by atoms with Gasteiger partial charge < -0.3 is 10.1 Å². The second-order valence-electron chi connectivity index (χ2n) is 5.05. The summed E-state index contributed by atoms with van der Waals surface area (Å²) in [6.07, 6.45) is 5.45. The summed E-state index contributed by atoms with van der Waals surface area (Å²) in [7, 11) is 2.08. The Balaban J connectivity index is 1.73. The molecule has 1 saturated carbocycles. The molecule has 1 aromatic heterocycles. The maximum atomic E-state index is 5.62. The van der Waals surface area contributed by atoms with E-state index in [4.69, 9.17) is 4.74 Å². The van der Waals surface area contributed by atoms with Crippen molar-refractivity contribution in [3.8, 4) is 0 Å². The van der Waals surface area contributed by atoms with Crippen LogP contribution in [0.5, 0.6) is 0 Å². The number of nitrogens with one attached hydrogen (secondary N) is 1. The zero-order valence-electron chi connectivity index (χ0n) is 11.1. The third kappa shape index (κ3) is 4.05. The first-order valence-corrected chi connectivity index (χ1v) is 8.35. The van der Waals surface area contributed by atoms with Crippen molar-refractivity contribution in [1.82, 2.24) is 5.32 Å². The van der Waals surface area contributed by atoms with E-state index in [1.54, 1.807) is 0 Å². The highest BCUT2D eigenvalue weighted by atomic mass is 79.9. The topological polar surface area (TPSA) is 21.3 Å². The lowest BCUT2D eigenvalue weighted by Crippen LogP contribution is -2.37. The largest absolute Gasteiger partial charge is 0.378 e. The van der Waals surface area contributed by atoms with Crippen molar-refractivity contribution < 1.29 is 4.74 Å². The number of hydrogen-bond acceptors (Lipinski definition) is 3. The van der Waals surface area contributed by atoms with Crippen LogP contribution in [0.4, 0.5) is 0 Å². The summed E-state index contributed by atoms with van der Waals surface area (Å²) >= 11 is 5.37. The molecule has 1 N–H and O–H groups in total. The Kier molecular flexibility index (Phi) is 5.67. The Morgan fingerprint density at radius 3 is 2.83 bits per heavy atom. The molecular weight excluding hydrogens is 310 g/mol. The van der Waals surface area contributed by atoms with Gasteiger partial charge in [-0.2, -0.15) is 0 Å². The Morgan fingerprint density at radius 2 is 2.28 bits per heavy atom. The highest BCUT2D eigenvalue weighted by molar-refractivity contribution is 9.11. The molecule has 2 nitrogen and oxygen atoms in total. The molecule has 1 aliphatic carbocycles.